The van der Waals surface area contributed by atoms with Crippen LogP contribution in [-0.4, -0.2) is 21.7 Å². The number of benzene rings is 2. The molecule has 0 aliphatic rings. The van der Waals surface area contributed by atoms with Crippen molar-refractivity contribution >= 4 is 11.8 Å². The summed E-state index contributed by atoms with van der Waals surface area (Å²) in [6, 6.07) is 22.2. The molecule has 154 valence electrons. The van der Waals surface area contributed by atoms with Crippen LogP contribution in [0, 0.1) is 5.92 Å². The Morgan fingerprint density at radius 3 is 2.07 bits per heavy atom. The van der Waals surface area contributed by atoms with Gasteiger partial charge in [0.1, 0.15) is 6.04 Å². The number of pyridine rings is 1. The maximum atomic E-state index is 13.4. The summed E-state index contributed by atoms with van der Waals surface area (Å²) in [4.78, 5) is 32.2. The van der Waals surface area contributed by atoms with E-state index < -0.39 is 6.04 Å². The normalized spacial score (nSPS) is 11.7. The molecule has 0 aliphatic carbocycles. The van der Waals surface area contributed by atoms with Gasteiger partial charge < -0.3 is 10.2 Å². The van der Waals surface area contributed by atoms with Gasteiger partial charge in [0, 0.05) is 31.4 Å². The molecule has 2 amide bonds. The predicted molar refractivity (Wildman–Crippen MR) is 117 cm³/mol. The van der Waals surface area contributed by atoms with Crippen molar-refractivity contribution in [2.75, 3.05) is 0 Å². The monoisotopic (exact) mass is 401 g/mol. The number of hydrogen-bond donors (Lipinski definition) is 1. The molecule has 0 fully saturated rings. The molecule has 1 heterocycles. The standard InChI is InChI=1S/C25H27N3O2/c1-19(2)25(30)28(18-21-9-5-3-6-10-21)23(22-11-7-4-8-12-22)24(29)27-17-20-13-15-26-16-14-20/h3-16,19,23H,17-18H2,1-2H3,(H,27,29)/t23-/m1/s1. The molecular weight excluding hydrogens is 374 g/mol. The Balaban J connectivity index is 1.92. The summed E-state index contributed by atoms with van der Waals surface area (Å²) in [7, 11) is 0. The molecule has 1 atom stereocenters. The first-order chi connectivity index (χ1) is 14.6. The number of nitrogens with zero attached hydrogens (tertiary/aromatic N) is 2. The smallest absolute Gasteiger partial charge is 0.247 e. The summed E-state index contributed by atoms with van der Waals surface area (Å²) in [5.74, 6) is -0.498. The first-order valence-corrected chi connectivity index (χ1v) is 10.1. The molecule has 0 saturated heterocycles. The zero-order valence-corrected chi connectivity index (χ0v) is 17.4. The molecule has 0 bridgehead atoms. The van der Waals surface area contributed by atoms with Crippen LogP contribution >= 0.6 is 0 Å². The Labute approximate surface area is 177 Å². The molecule has 0 aliphatic heterocycles. The summed E-state index contributed by atoms with van der Waals surface area (Å²) in [5.41, 5.74) is 2.72. The molecule has 3 rings (SSSR count). The fraction of sp³-hybridized carbons (Fsp3) is 0.240. The van der Waals surface area contributed by atoms with Gasteiger partial charge >= 0.3 is 0 Å². The van der Waals surface area contributed by atoms with Crippen molar-refractivity contribution in [2.45, 2.75) is 33.0 Å². The number of aromatic nitrogens is 1. The number of rotatable bonds is 8. The van der Waals surface area contributed by atoms with E-state index in [0.29, 0.717) is 13.1 Å². The van der Waals surface area contributed by atoms with E-state index in [0.717, 1.165) is 16.7 Å². The van der Waals surface area contributed by atoms with Crippen molar-refractivity contribution in [3.63, 3.8) is 0 Å². The number of nitrogens with one attached hydrogen (secondary N) is 1. The Morgan fingerprint density at radius 2 is 1.47 bits per heavy atom. The number of hydrogen-bond acceptors (Lipinski definition) is 3. The lowest BCUT2D eigenvalue weighted by Crippen LogP contribution is -2.44. The summed E-state index contributed by atoms with van der Waals surface area (Å²) in [6.45, 7) is 4.45. The minimum absolute atomic E-state index is 0.0632. The molecule has 5 heteroatoms. The van der Waals surface area contributed by atoms with Gasteiger partial charge in [-0.1, -0.05) is 74.5 Å². The van der Waals surface area contributed by atoms with E-state index in [1.54, 1.807) is 17.3 Å². The highest BCUT2D eigenvalue weighted by Crippen LogP contribution is 2.25. The van der Waals surface area contributed by atoms with Crippen LogP contribution in [0.15, 0.2) is 85.2 Å². The lowest BCUT2D eigenvalue weighted by Gasteiger charge is -2.33. The zero-order valence-electron chi connectivity index (χ0n) is 17.4. The van der Waals surface area contributed by atoms with E-state index >= 15 is 0 Å². The Morgan fingerprint density at radius 1 is 0.867 bits per heavy atom. The van der Waals surface area contributed by atoms with Gasteiger partial charge in [0.2, 0.25) is 11.8 Å². The molecule has 0 spiro atoms. The maximum absolute atomic E-state index is 13.4. The Hall–Kier alpha value is -3.47. The van der Waals surface area contributed by atoms with Gasteiger partial charge in [-0.05, 0) is 28.8 Å². The van der Waals surface area contributed by atoms with Gasteiger partial charge in [-0.3, -0.25) is 14.6 Å². The van der Waals surface area contributed by atoms with Crippen molar-refractivity contribution in [3.05, 3.63) is 102 Å². The highest BCUT2D eigenvalue weighted by molar-refractivity contribution is 5.89. The van der Waals surface area contributed by atoms with Gasteiger partial charge in [-0.25, -0.2) is 0 Å². The van der Waals surface area contributed by atoms with Gasteiger partial charge in [-0.15, -0.1) is 0 Å². The molecule has 30 heavy (non-hydrogen) atoms. The molecule has 0 radical (unpaired) electrons. The van der Waals surface area contributed by atoms with E-state index in [9.17, 15) is 9.59 Å². The number of carbonyl (C=O) groups excluding carboxylic acids is 2. The second-order valence-electron chi connectivity index (χ2n) is 7.49. The molecule has 0 saturated carbocycles. The van der Waals surface area contributed by atoms with Gasteiger partial charge in [0.15, 0.2) is 0 Å². The quantitative estimate of drug-likeness (QED) is 0.617. The highest BCUT2D eigenvalue weighted by atomic mass is 16.2. The largest absolute Gasteiger partial charge is 0.350 e. The van der Waals surface area contributed by atoms with Crippen molar-refractivity contribution in [1.29, 1.82) is 0 Å². The van der Waals surface area contributed by atoms with Crippen LogP contribution in [0.4, 0.5) is 0 Å². The molecule has 2 aromatic carbocycles. The summed E-state index contributed by atoms with van der Waals surface area (Å²) in [6.07, 6.45) is 3.39. The van der Waals surface area contributed by atoms with Crippen molar-refractivity contribution in [1.82, 2.24) is 15.2 Å². The predicted octanol–water partition coefficient (Wildman–Crippen LogP) is 4.12. The average Bonchev–Trinajstić information content (AvgIpc) is 2.79. The third-order valence-electron chi connectivity index (χ3n) is 4.86. The van der Waals surface area contributed by atoms with Crippen molar-refractivity contribution < 1.29 is 9.59 Å². The van der Waals surface area contributed by atoms with E-state index in [4.69, 9.17) is 0 Å². The summed E-state index contributed by atoms with van der Waals surface area (Å²) >= 11 is 0. The van der Waals surface area contributed by atoms with E-state index in [2.05, 4.69) is 10.3 Å². The van der Waals surface area contributed by atoms with Crippen LogP contribution in [0.5, 0.6) is 0 Å². The van der Waals surface area contributed by atoms with Crippen LogP contribution in [0.1, 0.15) is 36.6 Å². The van der Waals surface area contributed by atoms with Gasteiger partial charge in [-0.2, -0.15) is 0 Å². The average molecular weight is 402 g/mol. The highest BCUT2D eigenvalue weighted by Gasteiger charge is 2.32. The van der Waals surface area contributed by atoms with E-state index in [1.807, 2.05) is 86.6 Å². The van der Waals surface area contributed by atoms with Gasteiger partial charge in [0.25, 0.3) is 0 Å². The second kappa shape index (κ2) is 10.3. The third kappa shape index (κ3) is 5.54. The fourth-order valence-electron chi connectivity index (χ4n) is 3.30. The van der Waals surface area contributed by atoms with E-state index in [-0.39, 0.29) is 17.7 Å². The zero-order chi connectivity index (χ0) is 21.3. The lowest BCUT2D eigenvalue weighted by atomic mass is 10.0. The van der Waals surface area contributed by atoms with Crippen LogP contribution < -0.4 is 5.32 Å². The molecule has 0 unspecified atom stereocenters. The Kier molecular flexibility index (Phi) is 7.33. The molecule has 5 nitrogen and oxygen atoms in total. The van der Waals surface area contributed by atoms with Crippen LogP contribution in [0.25, 0.3) is 0 Å². The minimum atomic E-state index is -0.719. The van der Waals surface area contributed by atoms with Crippen LogP contribution in [-0.2, 0) is 22.7 Å². The molecular formula is C25H27N3O2. The first kappa shape index (κ1) is 21.2. The lowest BCUT2D eigenvalue weighted by molar-refractivity contribution is -0.144. The number of amides is 2. The third-order valence-corrected chi connectivity index (χ3v) is 4.86. The van der Waals surface area contributed by atoms with Crippen LogP contribution in [0.2, 0.25) is 0 Å². The van der Waals surface area contributed by atoms with E-state index in [1.165, 1.54) is 0 Å². The molecule has 3 aromatic rings. The summed E-state index contributed by atoms with van der Waals surface area (Å²) < 4.78 is 0. The Bertz CT molecular complexity index is 944. The maximum Gasteiger partial charge on any atom is 0.247 e. The number of carbonyl (C=O) groups is 2. The van der Waals surface area contributed by atoms with Gasteiger partial charge in [0.05, 0.1) is 0 Å². The molecule has 1 N–H and O–H groups in total. The first-order valence-electron chi connectivity index (χ1n) is 10.1. The fourth-order valence-corrected chi connectivity index (χ4v) is 3.30. The second-order valence-corrected chi connectivity index (χ2v) is 7.49. The van der Waals surface area contributed by atoms with Crippen molar-refractivity contribution in [2.24, 2.45) is 5.92 Å². The molecule has 1 aromatic heterocycles. The van der Waals surface area contributed by atoms with Crippen molar-refractivity contribution in [3.8, 4) is 0 Å². The SMILES string of the molecule is CC(C)C(=O)N(Cc1ccccc1)[C@@H](C(=O)NCc1ccncc1)c1ccccc1. The topological polar surface area (TPSA) is 62.3 Å². The van der Waals surface area contributed by atoms with Crippen LogP contribution in [0.3, 0.4) is 0 Å². The summed E-state index contributed by atoms with van der Waals surface area (Å²) in [5, 5.41) is 3.00. The minimum Gasteiger partial charge on any atom is -0.350 e.